The highest BCUT2D eigenvalue weighted by molar-refractivity contribution is 7.89. The van der Waals surface area contributed by atoms with E-state index in [1.54, 1.807) is 0 Å². The van der Waals surface area contributed by atoms with Gasteiger partial charge in [0.15, 0.2) is 0 Å². The molecular formula is C19H28N4O4S2. The number of nitrogens with zero attached hydrogens (tertiary/aromatic N) is 2. The zero-order chi connectivity index (χ0) is 21.2. The number of sulfonamides is 1. The van der Waals surface area contributed by atoms with Crippen LogP contribution in [-0.4, -0.2) is 53.5 Å². The van der Waals surface area contributed by atoms with Crippen LogP contribution in [0.15, 0.2) is 4.79 Å². The summed E-state index contributed by atoms with van der Waals surface area (Å²) in [5.74, 6) is 0.573. The lowest BCUT2D eigenvalue weighted by Gasteiger charge is -2.31. The number of hydrogen-bond donors (Lipinski definition) is 2. The molecule has 1 aliphatic rings. The first kappa shape index (κ1) is 21.9. The Morgan fingerprint density at radius 1 is 1.31 bits per heavy atom. The summed E-state index contributed by atoms with van der Waals surface area (Å²) in [4.78, 5) is 33.7. The lowest BCUT2D eigenvalue weighted by Crippen LogP contribution is -2.47. The first-order valence-electron chi connectivity index (χ1n) is 9.97. The third-order valence-electron chi connectivity index (χ3n) is 5.35. The largest absolute Gasteiger partial charge is 0.353 e. The molecule has 1 aliphatic heterocycles. The number of H-pyrrole nitrogens is 1. The predicted octanol–water partition coefficient (Wildman–Crippen LogP) is 1.85. The summed E-state index contributed by atoms with van der Waals surface area (Å²) in [5.41, 5.74) is 0.795. The zero-order valence-corrected chi connectivity index (χ0v) is 18.7. The second-order valence-electron chi connectivity index (χ2n) is 7.53. The molecule has 3 heterocycles. The van der Waals surface area contributed by atoms with Crippen molar-refractivity contribution in [1.82, 2.24) is 19.6 Å². The van der Waals surface area contributed by atoms with Gasteiger partial charge in [-0.25, -0.2) is 17.7 Å². The Morgan fingerprint density at radius 2 is 2.00 bits per heavy atom. The van der Waals surface area contributed by atoms with Crippen LogP contribution >= 0.6 is 11.3 Å². The topological polar surface area (TPSA) is 112 Å². The van der Waals surface area contributed by atoms with E-state index in [9.17, 15) is 18.0 Å². The molecule has 1 amide bonds. The van der Waals surface area contributed by atoms with Crippen molar-refractivity contribution in [2.24, 2.45) is 0 Å². The van der Waals surface area contributed by atoms with E-state index in [0.717, 1.165) is 10.4 Å². The van der Waals surface area contributed by atoms with Gasteiger partial charge in [0, 0.05) is 36.9 Å². The van der Waals surface area contributed by atoms with E-state index in [4.69, 9.17) is 0 Å². The van der Waals surface area contributed by atoms with Gasteiger partial charge in [0.25, 0.3) is 5.56 Å². The van der Waals surface area contributed by atoms with Gasteiger partial charge < -0.3 is 10.3 Å². The molecule has 0 atom stereocenters. The third kappa shape index (κ3) is 5.04. The van der Waals surface area contributed by atoms with Crippen LogP contribution in [0.5, 0.6) is 0 Å². The van der Waals surface area contributed by atoms with Crippen molar-refractivity contribution in [3.8, 4) is 0 Å². The lowest BCUT2D eigenvalue weighted by molar-refractivity contribution is -0.122. The molecular weight excluding hydrogens is 412 g/mol. The molecule has 1 saturated heterocycles. The highest BCUT2D eigenvalue weighted by atomic mass is 32.2. The minimum atomic E-state index is -3.18. The van der Waals surface area contributed by atoms with Crippen molar-refractivity contribution in [1.29, 1.82) is 0 Å². The zero-order valence-electron chi connectivity index (χ0n) is 17.1. The van der Waals surface area contributed by atoms with Crippen LogP contribution in [0.4, 0.5) is 0 Å². The lowest BCUT2D eigenvalue weighted by atomic mass is 10.1. The summed E-state index contributed by atoms with van der Waals surface area (Å²) < 4.78 is 25.8. The number of rotatable bonds is 7. The molecule has 0 radical (unpaired) electrons. The fourth-order valence-electron chi connectivity index (χ4n) is 3.61. The summed E-state index contributed by atoms with van der Waals surface area (Å²) >= 11 is 1.49. The highest BCUT2D eigenvalue weighted by Gasteiger charge is 2.27. The van der Waals surface area contributed by atoms with Crippen molar-refractivity contribution >= 4 is 37.5 Å². The van der Waals surface area contributed by atoms with Gasteiger partial charge >= 0.3 is 0 Å². The van der Waals surface area contributed by atoms with Gasteiger partial charge in [-0.1, -0.05) is 6.92 Å². The van der Waals surface area contributed by atoms with Crippen molar-refractivity contribution in [2.75, 3.05) is 18.8 Å². The maximum atomic E-state index is 12.3. The molecule has 0 unspecified atom stereocenters. The van der Waals surface area contributed by atoms with Crippen molar-refractivity contribution < 1.29 is 13.2 Å². The molecule has 1 fully saturated rings. The molecule has 8 nitrogen and oxygen atoms in total. The summed E-state index contributed by atoms with van der Waals surface area (Å²) in [6.45, 7) is 6.61. The number of thiophene rings is 1. The van der Waals surface area contributed by atoms with E-state index in [0.29, 0.717) is 54.8 Å². The normalized spacial score (nSPS) is 16.4. The fourth-order valence-corrected chi connectivity index (χ4v) is 6.20. The molecule has 2 aromatic heterocycles. The summed E-state index contributed by atoms with van der Waals surface area (Å²) in [5, 5.41) is 3.61. The predicted molar refractivity (Wildman–Crippen MR) is 115 cm³/mol. The number of hydrogen-bond acceptors (Lipinski definition) is 6. The Balaban J connectivity index is 1.52. The van der Waals surface area contributed by atoms with E-state index in [1.165, 1.54) is 15.6 Å². The number of piperidine rings is 1. The van der Waals surface area contributed by atoms with E-state index in [2.05, 4.69) is 15.3 Å². The van der Waals surface area contributed by atoms with Crippen LogP contribution in [0, 0.1) is 13.8 Å². The average Bonchev–Trinajstić information content (AvgIpc) is 2.95. The first-order chi connectivity index (χ1) is 13.7. The van der Waals surface area contributed by atoms with E-state index >= 15 is 0 Å². The maximum absolute atomic E-state index is 12.3. The van der Waals surface area contributed by atoms with Gasteiger partial charge in [-0.15, -0.1) is 11.3 Å². The van der Waals surface area contributed by atoms with Crippen LogP contribution in [0.1, 0.15) is 48.9 Å². The van der Waals surface area contributed by atoms with Gasteiger partial charge in [0.2, 0.25) is 15.9 Å². The van der Waals surface area contributed by atoms with Gasteiger partial charge in [0.1, 0.15) is 10.7 Å². The second-order valence-corrected chi connectivity index (χ2v) is 10.8. The molecule has 0 bridgehead atoms. The molecule has 29 heavy (non-hydrogen) atoms. The average molecular weight is 441 g/mol. The minimum absolute atomic E-state index is 0.0207. The van der Waals surface area contributed by atoms with E-state index < -0.39 is 10.0 Å². The summed E-state index contributed by atoms with van der Waals surface area (Å²) in [7, 11) is -3.18. The van der Waals surface area contributed by atoms with Crippen molar-refractivity contribution in [3.63, 3.8) is 0 Å². The number of nitrogens with one attached hydrogen (secondary N) is 2. The Labute approximate surface area is 174 Å². The number of aryl methyl sites for hydroxylation is 3. The maximum Gasteiger partial charge on any atom is 0.259 e. The van der Waals surface area contributed by atoms with Crippen molar-refractivity contribution in [3.05, 3.63) is 26.6 Å². The number of aromatic amines is 1. The monoisotopic (exact) mass is 440 g/mol. The number of carbonyl (C=O) groups is 1. The summed E-state index contributed by atoms with van der Waals surface area (Å²) in [6, 6.07) is -0.0207. The van der Waals surface area contributed by atoms with Crippen LogP contribution < -0.4 is 10.9 Å². The van der Waals surface area contributed by atoms with Crippen LogP contribution in [0.2, 0.25) is 0 Å². The minimum Gasteiger partial charge on any atom is -0.353 e. The number of fused-ring (bicyclic) bond motifs is 1. The van der Waals surface area contributed by atoms with Crippen LogP contribution in [0.3, 0.4) is 0 Å². The van der Waals surface area contributed by atoms with Crippen LogP contribution in [-0.2, 0) is 21.2 Å². The summed E-state index contributed by atoms with van der Waals surface area (Å²) in [6.07, 6.45) is 2.42. The molecule has 0 aromatic carbocycles. The van der Waals surface area contributed by atoms with Gasteiger partial charge in [-0.05, 0) is 38.7 Å². The number of amides is 1. The SMILES string of the molecule is CCCS(=O)(=O)N1CCC(NC(=O)CCc2nc3sc(C)c(C)c3c(=O)[nH]2)CC1. The van der Waals surface area contributed by atoms with Gasteiger partial charge in [-0.2, -0.15) is 0 Å². The molecule has 0 saturated carbocycles. The first-order valence-corrected chi connectivity index (χ1v) is 12.4. The van der Waals surface area contributed by atoms with E-state index in [1.807, 2.05) is 20.8 Å². The molecule has 2 aromatic rings. The Bertz CT molecular complexity index is 1050. The number of aromatic nitrogens is 2. The quantitative estimate of drug-likeness (QED) is 0.682. The molecule has 3 rings (SSSR count). The molecule has 2 N–H and O–H groups in total. The molecule has 0 spiro atoms. The standard InChI is InChI=1S/C19H28N4O4S2/c1-4-11-29(26,27)23-9-7-14(8-10-23)20-16(24)6-5-15-21-18(25)17-12(2)13(3)28-19(17)22-15/h14H,4-11H2,1-3H3,(H,20,24)(H,21,22,25). The Hall–Kier alpha value is -1.78. The molecule has 0 aliphatic carbocycles. The Morgan fingerprint density at radius 3 is 2.66 bits per heavy atom. The van der Waals surface area contributed by atoms with Crippen molar-refractivity contribution in [2.45, 2.75) is 58.9 Å². The molecule has 160 valence electrons. The fraction of sp³-hybridized carbons (Fsp3) is 0.632. The highest BCUT2D eigenvalue weighted by Crippen LogP contribution is 2.25. The van der Waals surface area contributed by atoms with Gasteiger partial charge in [-0.3, -0.25) is 9.59 Å². The van der Waals surface area contributed by atoms with Gasteiger partial charge in [0.05, 0.1) is 11.1 Å². The Kier molecular flexibility index (Phi) is 6.75. The van der Waals surface area contributed by atoms with E-state index in [-0.39, 0.29) is 29.7 Å². The smallest absolute Gasteiger partial charge is 0.259 e. The second kappa shape index (κ2) is 8.93. The number of carbonyl (C=O) groups excluding carboxylic acids is 1. The molecule has 10 heteroatoms. The third-order valence-corrected chi connectivity index (χ3v) is 8.53. The van der Waals surface area contributed by atoms with Crippen LogP contribution in [0.25, 0.3) is 10.2 Å².